The van der Waals surface area contributed by atoms with Gasteiger partial charge in [0.2, 0.25) is 30.4 Å². The highest BCUT2D eigenvalue weighted by molar-refractivity contribution is 6.51. The second-order valence-corrected chi connectivity index (χ2v) is 12.3. The first-order valence-corrected chi connectivity index (χ1v) is 17.0. The fraction of sp³-hybridized carbons (Fsp3) is 0.211. The average Bonchev–Trinajstić information content (AvgIpc) is 3.65. The smallest absolute Gasteiger partial charge is 0.418 e. The number of nitrogens with one attached hydrogen (secondary N) is 4. The maximum absolute atomic E-state index is 13.4. The maximum atomic E-state index is 13.4. The van der Waals surface area contributed by atoms with Crippen molar-refractivity contribution < 1.29 is 59.7 Å². The molecule has 4 aromatic carbocycles. The van der Waals surface area contributed by atoms with Gasteiger partial charge in [0.25, 0.3) is 0 Å². The van der Waals surface area contributed by atoms with E-state index in [4.69, 9.17) is 14.2 Å². The third-order valence-corrected chi connectivity index (χ3v) is 8.34. The molecule has 0 saturated carbocycles. The Morgan fingerprint density at radius 1 is 0.596 bits per heavy atom. The lowest BCUT2D eigenvalue weighted by Gasteiger charge is -2.29. The summed E-state index contributed by atoms with van der Waals surface area (Å²) in [5.41, 5.74) is 2.27. The number of carbonyl (C=O) groups is 4. The van der Waals surface area contributed by atoms with E-state index in [2.05, 4.69) is 31.7 Å². The van der Waals surface area contributed by atoms with Crippen molar-refractivity contribution in [1.29, 1.82) is 0 Å². The van der Waals surface area contributed by atoms with E-state index >= 15 is 0 Å². The van der Waals surface area contributed by atoms with E-state index in [0.29, 0.717) is 22.6 Å². The number of alkyl halides is 6. The summed E-state index contributed by atoms with van der Waals surface area (Å²) in [5.74, 6) is -2.23. The molecule has 0 saturated heterocycles. The Morgan fingerprint density at radius 2 is 1.11 bits per heavy atom. The van der Waals surface area contributed by atoms with E-state index in [9.17, 15) is 45.5 Å². The first kappa shape index (κ1) is 39.8. The van der Waals surface area contributed by atoms with Gasteiger partial charge in [0.05, 0.1) is 22.5 Å². The molecule has 0 spiro atoms. The van der Waals surface area contributed by atoms with Crippen LogP contribution in [0, 0.1) is 0 Å². The normalized spacial score (nSPS) is 16.0. The molecule has 2 aliphatic rings. The van der Waals surface area contributed by atoms with Crippen LogP contribution in [0.2, 0.25) is 0 Å². The van der Waals surface area contributed by atoms with Crippen molar-refractivity contribution in [3.8, 4) is 17.2 Å². The zero-order valence-corrected chi connectivity index (χ0v) is 29.3. The van der Waals surface area contributed by atoms with E-state index in [1.807, 2.05) is 0 Å². The quantitative estimate of drug-likeness (QED) is 0.0966. The van der Waals surface area contributed by atoms with E-state index in [1.54, 1.807) is 42.5 Å². The van der Waals surface area contributed by atoms with E-state index in [1.165, 1.54) is 24.3 Å². The van der Waals surface area contributed by atoms with Gasteiger partial charge in [-0.2, -0.15) is 36.5 Å². The number of benzene rings is 4. The van der Waals surface area contributed by atoms with Crippen LogP contribution in [0.3, 0.4) is 0 Å². The summed E-state index contributed by atoms with van der Waals surface area (Å²) >= 11 is 0. The third kappa shape index (κ3) is 9.85. The number of rotatable bonds is 11. The van der Waals surface area contributed by atoms with Gasteiger partial charge in [-0.3, -0.25) is 19.2 Å². The number of amides is 4. The number of para-hydroxylation sites is 3. The molecule has 57 heavy (non-hydrogen) atoms. The fourth-order valence-corrected chi connectivity index (χ4v) is 5.65. The molecule has 1 atom stereocenters. The van der Waals surface area contributed by atoms with Crippen molar-refractivity contribution in [2.75, 3.05) is 17.4 Å². The minimum atomic E-state index is -4.73. The Balaban J connectivity index is 1.20. The monoisotopic (exact) mass is 796 g/mol. The molecular weight excluding hydrogens is 766 g/mol. The van der Waals surface area contributed by atoms with Crippen LogP contribution in [0.1, 0.15) is 54.0 Å². The van der Waals surface area contributed by atoms with Crippen LogP contribution in [0.25, 0.3) is 0 Å². The van der Waals surface area contributed by atoms with Crippen LogP contribution in [0.5, 0.6) is 17.2 Å². The average molecular weight is 797 g/mol. The summed E-state index contributed by atoms with van der Waals surface area (Å²) in [6, 6.07) is 20.1. The number of anilines is 2. The first-order chi connectivity index (χ1) is 27.2. The Kier molecular flexibility index (Phi) is 11.7. The molecule has 6 rings (SSSR count). The lowest BCUT2D eigenvalue weighted by molar-refractivity contribution is -0.138. The molecule has 0 radical (unpaired) electrons. The van der Waals surface area contributed by atoms with Crippen LogP contribution in [0.15, 0.2) is 101 Å². The number of hydrogen-bond acceptors (Lipinski definition) is 9. The van der Waals surface area contributed by atoms with E-state index in [0.717, 1.165) is 24.3 Å². The minimum Gasteiger partial charge on any atom is -0.478 e. The van der Waals surface area contributed by atoms with Crippen molar-refractivity contribution in [2.45, 2.75) is 44.1 Å². The lowest BCUT2D eigenvalue weighted by Crippen LogP contribution is -2.37. The van der Waals surface area contributed by atoms with E-state index in [-0.39, 0.29) is 24.0 Å². The summed E-state index contributed by atoms with van der Waals surface area (Å²) in [7, 11) is 0. The summed E-state index contributed by atoms with van der Waals surface area (Å²) in [6.07, 6.45) is -12.6. The Labute approximate surface area is 319 Å². The zero-order chi connectivity index (χ0) is 40.7. The molecule has 0 aliphatic carbocycles. The van der Waals surface area contributed by atoms with Gasteiger partial charge < -0.3 is 24.8 Å². The van der Waals surface area contributed by atoms with Crippen molar-refractivity contribution in [1.82, 2.24) is 10.9 Å². The number of halogens is 6. The highest BCUT2D eigenvalue weighted by atomic mass is 19.4. The summed E-state index contributed by atoms with van der Waals surface area (Å²) in [5, 5.41) is 12.8. The highest BCUT2D eigenvalue weighted by Gasteiger charge is 2.36. The van der Waals surface area contributed by atoms with Crippen molar-refractivity contribution in [3.63, 3.8) is 0 Å². The largest absolute Gasteiger partial charge is 0.478 e. The standard InChI is InChI=1S/C38H30F6N6O7/c39-37(40,41)23-8-2-4-10-25(23)45-30(51)15-17-32(53)47-49-34-22-7-1-6-12-27(22)57-36(21-13-14-28-29(19-21)56-20-55-28)35(34)50-48-33(54)18-16-31(52)46-26-11-5-3-9-24(26)38(42,43)44/h1-14,19,36H,15-18,20H2,(H,45,51)(H,46,52)(H,47,53)(H,48,54)/b49-34-,50-35-/t36-/m0/s1. The van der Waals surface area contributed by atoms with Gasteiger partial charge in [-0.1, -0.05) is 42.5 Å². The van der Waals surface area contributed by atoms with Crippen LogP contribution in [0.4, 0.5) is 37.7 Å². The predicted molar refractivity (Wildman–Crippen MR) is 191 cm³/mol. The summed E-state index contributed by atoms with van der Waals surface area (Å²) < 4.78 is 97.5. The highest BCUT2D eigenvalue weighted by Crippen LogP contribution is 2.39. The molecule has 0 fully saturated rings. The number of nitrogens with zero attached hydrogens (tertiary/aromatic N) is 2. The zero-order valence-electron chi connectivity index (χ0n) is 29.3. The molecule has 0 unspecified atom stereocenters. The van der Waals surface area contributed by atoms with Crippen LogP contribution >= 0.6 is 0 Å². The van der Waals surface area contributed by atoms with Crippen LogP contribution in [-0.4, -0.2) is 41.8 Å². The summed E-state index contributed by atoms with van der Waals surface area (Å²) in [6.45, 7) is -0.0366. The van der Waals surface area contributed by atoms with Gasteiger partial charge >= 0.3 is 12.4 Å². The van der Waals surface area contributed by atoms with Gasteiger partial charge in [-0.05, 0) is 48.5 Å². The number of hydrogen-bond donors (Lipinski definition) is 4. The molecule has 0 aromatic heterocycles. The van der Waals surface area contributed by atoms with Gasteiger partial charge in [-0.25, -0.2) is 10.9 Å². The third-order valence-electron chi connectivity index (χ3n) is 8.34. The topological polar surface area (TPSA) is 169 Å². The number of ether oxygens (including phenoxy) is 3. The molecule has 2 heterocycles. The Hall–Kier alpha value is -6.92. The van der Waals surface area contributed by atoms with Crippen LogP contribution in [-0.2, 0) is 31.5 Å². The Bertz CT molecular complexity index is 2260. The number of fused-ring (bicyclic) bond motifs is 2. The SMILES string of the molecule is O=C(CCC(=O)Nc1ccccc1C(F)(F)F)N/N=C1\C(=N\NC(=O)CCC(=O)Nc2ccccc2C(F)(F)F)[C@H](c2ccc3c(c2)OCO3)Oc2ccccc21. The predicted octanol–water partition coefficient (Wildman–Crippen LogP) is 6.72. The fourth-order valence-electron chi connectivity index (χ4n) is 5.65. The van der Waals surface area contributed by atoms with Crippen LogP contribution < -0.4 is 35.7 Å². The van der Waals surface area contributed by atoms with Crippen molar-refractivity contribution in [2.24, 2.45) is 10.2 Å². The van der Waals surface area contributed by atoms with Crippen molar-refractivity contribution in [3.05, 3.63) is 113 Å². The maximum Gasteiger partial charge on any atom is 0.418 e. The molecule has 2 aliphatic heterocycles. The minimum absolute atomic E-state index is 0.00164. The second kappa shape index (κ2) is 16.8. The lowest BCUT2D eigenvalue weighted by atomic mass is 9.93. The first-order valence-electron chi connectivity index (χ1n) is 17.0. The van der Waals surface area contributed by atoms with Crippen molar-refractivity contribution >= 4 is 46.4 Å². The summed E-state index contributed by atoms with van der Waals surface area (Å²) in [4.78, 5) is 51.0. The molecule has 19 heteroatoms. The molecule has 4 aromatic rings. The number of carbonyl (C=O) groups excluding carboxylic acids is 4. The van der Waals surface area contributed by atoms with Gasteiger partial charge in [0.15, 0.2) is 17.6 Å². The Morgan fingerprint density at radius 3 is 1.70 bits per heavy atom. The van der Waals surface area contributed by atoms with Gasteiger partial charge in [-0.15, -0.1) is 0 Å². The molecular formula is C38H30F6N6O7. The molecule has 296 valence electrons. The van der Waals surface area contributed by atoms with Gasteiger partial charge in [0.1, 0.15) is 17.2 Å². The second-order valence-electron chi connectivity index (χ2n) is 12.3. The molecule has 0 bridgehead atoms. The number of hydrazone groups is 2. The molecule has 4 N–H and O–H groups in total. The van der Waals surface area contributed by atoms with E-state index < -0.39 is 90.3 Å². The molecule has 4 amide bonds. The van der Waals surface area contributed by atoms with Gasteiger partial charge in [0, 0.05) is 36.8 Å². The molecule has 13 nitrogen and oxygen atoms in total.